The van der Waals surface area contributed by atoms with Crippen molar-refractivity contribution in [2.24, 2.45) is 0 Å². The molecule has 0 unspecified atom stereocenters. The molecular formula is C19H26N2O4S. The van der Waals surface area contributed by atoms with Crippen LogP contribution in [-0.4, -0.2) is 41.9 Å². The second-order valence-electron chi connectivity index (χ2n) is 7.03. The second-order valence-corrected chi connectivity index (χ2v) is 8.13. The van der Waals surface area contributed by atoms with Crippen molar-refractivity contribution >= 4 is 34.1 Å². The summed E-state index contributed by atoms with van der Waals surface area (Å²) in [6.45, 7) is 4.51. The van der Waals surface area contributed by atoms with Crippen LogP contribution in [0, 0.1) is 0 Å². The highest BCUT2D eigenvalue weighted by Gasteiger charge is 2.30. The average molecular weight is 378 g/mol. The highest BCUT2D eigenvalue weighted by molar-refractivity contribution is 7.17. The zero-order valence-electron chi connectivity index (χ0n) is 15.4. The number of nitrogens with one attached hydrogen (secondary N) is 1. The molecule has 7 heteroatoms. The first-order chi connectivity index (χ1) is 12.5. The number of fused-ring (bicyclic) bond motifs is 1. The first-order valence-corrected chi connectivity index (χ1v) is 10.2. The smallest absolute Gasteiger partial charge is 0.342 e. The van der Waals surface area contributed by atoms with Crippen LogP contribution in [0.25, 0.3) is 0 Å². The van der Waals surface area contributed by atoms with E-state index in [9.17, 15) is 14.4 Å². The van der Waals surface area contributed by atoms with Crippen LogP contribution in [0.5, 0.6) is 0 Å². The SMILES string of the molecule is CC(=O)Nc1sc2c(c1C(=O)O[C@H](C)C(=O)N1CCCCC1)CCCC2. The van der Waals surface area contributed by atoms with Crippen molar-refractivity contribution in [1.82, 2.24) is 4.90 Å². The largest absolute Gasteiger partial charge is 0.449 e. The van der Waals surface area contributed by atoms with E-state index < -0.39 is 12.1 Å². The first-order valence-electron chi connectivity index (χ1n) is 9.39. The Labute approximate surface area is 157 Å². The minimum Gasteiger partial charge on any atom is -0.449 e. The van der Waals surface area contributed by atoms with Crippen LogP contribution in [0.15, 0.2) is 0 Å². The Morgan fingerprint density at radius 3 is 2.46 bits per heavy atom. The van der Waals surface area contributed by atoms with E-state index in [0.29, 0.717) is 10.6 Å². The molecule has 1 N–H and O–H groups in total. The van der Waals surface area contributed by atoms with Gasteiger partial charge in [-0.1, -0.05) is 0 Å². The van der Waals surface area contributed by atoms with Crippen molar-refractivity contribution < 1.29 is 19.1 Å². The van der Waals surface area contributed by atoms with E-state index in [1.54, 1.807) is 11.8 Å². The molecule has 1 atom stereocenters. The van der Waals surface area contributed by atoms with E-state index in [4.69, 9.17) is 4.74 Å². The van der Waals surface area contributed by atoms with Gasteiger partial charge in [0.1, 0.15) is 5.00 Å². The number of thiophene rings is 1. The summed E-state index contributed by atoms with van der Waals surface area (Å²) in [5.41, 5.74) is 1.42. The van der Waals surface area contributed by atoms with E-state index in [0.717, 1.165) is 68.5 Å². The monoisotopic (exact) mass is 378 g/mol. The van der Waals surface area contributed by atoms with E-state index in [1.807, 2.05) is 0 Å². The minimum absolute atomic E-state index is 0.136. The summed E-state index contributed by atoms with van der Waals surface area (Å²) in [5, 5.41) is 3.31. The van der Waals surface area contributed by atoms with Crippen molar-refractivity contribution in [1.29, 1.82) is 0 Å². The third-order valence-electron chi connectivity index (χ3n) is 4.96. The number of carbonyl (C=O) groups is 3. The molecule has 1 aromatic rings. The van der Waals surface area contributed by atoms with Gasteiger partial charge in [0.15, 0.2) is 6.10 Å². The maximum atomic E-state index is 12.8. The average Bonchev–Trinajstić information content (AvgIpc) is 2.98. The van der Waals surface area contributed by atoms with Gasteiger partial charge >= 0.3 is 5.97 Å². The van der Waals surface area contributed by atoms with Gasteiger partial charge < -0.3 is 15.0 Å². The van der Waals surface area contributed by atoms with Gasteiger partial charge in [0.2, 0.25) is 5.91 Å². The fourth-order valence-corrected chi connectivity index (χ4v) is 4.99. The van der Waals surface area contributed by atoms with Crippen LogP contribution in [0.1, 0.15) is 66.8 Å². The van der Waals surface area contributed by atoms with Crippen LogP contribution in [0.3, 0.4) is 0 Å². The topological polar surface area (TPSA) is 75.7 Å². The number of likely N-dealkylation sites (tertiary alicyclic amines) is 1. The number of nitrogens with zero attached hydrogens (tertiary/aromatic N) is 1. The molecule has 0 aromatic carbocycles. The quantitative estimate of drug-likeness (QED) is 0.817. The number of hydrogen-bond acceptors (Lipinski definition) is 5. The van der Waals surface area contributed by atoms with Gasteiger partial charge in [0.25, 0.3) is 5.91 Å². The Bertz CT molecular complexity index is 707. The number of anilines is 1. The fourth-order valence-electron chi connectivity index (χ4n) is 3.67. The number of esters is 1. The minimum atomic E-state index is -0.815. The highest BCUT2D eigenvalue weighted by Crippen LogP contribution is 2.38. The molecule has 1 saturated heterocycles. The first kappa shape index (κ1) is 18.9. The standard InChI is InChI=1S/C19H26N2O4S/c1-12(18(23)21-10-6-3-7-11-21)25-19(24)16-14-8-4-5-9-15(14)26-17(16)20-13(2)22/h12H,3-11H2,1-2H3,(H,20,22)/t12-/m1/s1. The van der Waals surface area contributed by atoms with Crippen LogP contribution in [0.4, 0.5) is 5.00 Å². The number of carbonyl (C=O) groups excluding carboxylic acids is 3. The highest BCUT2D eigenvalue weighted by atomic mass is 32.1. The number of aryl methyl sites for hydroxylation is 1. The molecule has 0 saturated carbocycles. The predicted molar refractivity (Wildman–Crippen MR) is 101 cm³/mol. The molecule has 1 aromatic heterocycles. The molecule has 2 heterocycles. The van der Waals surface area contributed by atoms with Crippen molar-refractivity contribution in [2.75, 3.05) is 18.4 Å². The number of amides is 2. The molecule has 142 valence electrons. The van der Waals surface area contributed by atoms with Crippen molar-refractivity contribution in [3.05, 3.63) is 16.0 Å². The van der Waals surface area contributed by atoms with Gasteiger partial charge in [-0.15, -0.1) is 11.3 Å². The Hall–Kier alpha value is -1.89. The van der Waals surface area contributed by atoms with Crippen LogP contribution >= 0.6 is 11.3 Å². The van der Waals surface area contributed by atoms with Gasteiger partial charge in [0.05, 0.1) is 5.56 Å². The molecule has 3 rings (SSSR count). The Kier molecular flexibility index (Phi) is 5.96. The maximum Gasteiger partial charge on any atom is 0.342 e. The van der Waals surface area contributed by atoms with Crippen molar-refractivity contribution in [3.8, 4) is 0 Å². The summed E-state index contributed by atoms with van der Waals surface area (Å²) < 4.78 is 5.52. The van der Waals surface area contributed by atoms with Crippen LogP contribution in [-0.2, 0) is 27.2 Å². The zero-order valence-corrected chi connectivity index (χ0v) is 16.2. The zero-order chi connectivity index (χ0) is 18.7. The molecule has 1 fully saturated rings. The van der Waals surface area contributed by atoms with E-state index in [-0.39, 0.29) is 11.8 Å². The van der Waals surface area contributed by atoms with Crippen molar-refractivity contribution in [3.63, 3.8) is 0 Å². The van der Waals surface area contributed by atoms with E-state index >= 15 is 0 Å². The maximum absolute atomic E-state index is 12.8. The number of hydrogen-bond donors (Lipinski definition) is 1. The molecule has 6 nitrogen and oxygen atoms in total. The molecule has 26 heavy (non-hydrogen) atoms. The van der Waals surface area contributed by atoms with Gasteiger partial charge in [-0.2, -0.15) is 0 Å². The second kappa shape index (κ2) is 8.20. The molecule has 2 aliphatic rings. The summed E-state index contributed by atoms with van der Waals surface area (Å²) in [6.07, 6.45) is 6.15. The van der Waals surface area contributed by atoms with Gasteiger partial charge in [0, 0.05) is 24.9 Å². The molecular weight excluding hydrogens is 352 g/mol. The number of piperidine rings is 1. The van der Waals surface area contributed by atoms with Gasteiger partial charge in [-0.3, -0.25) is 9.59 Å². The lowest BCUT2D eigenvalue weighted by molar-refractivity contribution is -0.140. The lowest BCUT2D eigenvalue weighted by Gasteiger charge is -2.29. The van der Waals surface area contributed by atoms with E-state index in [1.165, 1.54) is 18.3 Å². The number of ether oxygens (including phenoxy) is 1. The molecule has 2 amide bonds. The van der Waals surface area contributed by atoms with Crippen LogP contribution in [0.2, 0.25) is 0 Å². The van der Waals surface area contributed by atoms with Gasteiger partial charge in [-0.25, -0.2) is 4.79 Å². The Balaban J connectivity index is 1.77. The van der Waals surface area contributed by atoms with Crippen LogP contribution < -0.4 is 5.32 Å². The van der Waals surface area contributed by atoms with E-state index in [2.05, 4.69) is 5.32 Å². The summed E-state index contributed by atoms with van der Waals surface area (Å²) in [7, 11) is 0. The summed E-state index contributed by atoms with van der Waals surface area (Å²) >= 11 is 1.45. The normalized spacial score (nSPS) is 18.0. The molecule has 0 bridgehead atoms. The fraction of sp³-hybridized carbons (Fsp3) is 0.632. The summed E-state index contributed by atoms with van der Waals surface area (Å²) in [6, 6.07) is 0. The molecule has 0 spiro atoms. The summed E-state index contributed by atoms with van der Waals surface area (Å²) in [5.74, 6) is -0.857. The molecule has 0 radical (unpaired) electrons. The lowest BCUT2D eigenvalue weighted by Crippen LogP contribution is -2.42. The third kappa shape index (κ3) is 4.09. The lowest BCUT2D eigenvalue weighted by atomic mass is 9.95. The van der Waals surface area contributed by atoms with Gasteiger partial charge in [-0.05, 0) is 57.4 Å². The predicted octanol–water partition coefficient (Wildman–Crippen LogP) is 3.14. The Morgan fingerprint density at radius 2 is 1.77 bits per heavy atom. The molecule has 1 aliphatic carbocycles. The molecule has 1 aliphatic heterocycles. The summed E-state index contributed by atoms with van der Waals surface area (Å²) in [4.78, 5) is 39.8. The number of rotatable bonds is 4. The Morgan fingerprint density at radius 1 is 1.08 bits per heavy atom. The van der Waals surface area contributed by atoms with Crippen molar-refractivity contribution in [2.45, 2.75) is 64.9 Å². The third-order valence-corrected chi connectivity index (χ3v) is 6.17.